The summed E-state index contributed by atoms with van der Waals surface area (Å²) in [6.45, 7) is 13.6. The quantitative estimate of drug-likeness (QED) is 0.0573. The van der Waals surface area contributed by atoms with Crippen LogP contribution in [0.5, 0.6) is 0 Å². The van der Waals surface area contributed by atoms with Crippen molar-refractivity contribution >= 4 is 63.3 Å². The van der Waals surface area contributed by atoms with Gasteiger partial charge < -0.3 is 55.5 Å². The third-order valence-electron chi connectivity index (χ3n) is 14.4. The molecule has 6 aliphatic heterocycles. The second-order valence-corrected chi connectivity index (χ2v) is 22.7. The maximum atomic E-state index is 13.4. The summed E-state index contributed by atoms with van der Waals surface area (Å²) in [7, 11) is 0. The van der Waals surface area contributed by atoms with Crippen LogP contribution in [0.2, 0.25) is 0 Å². The van der Waals surface area contributed by atoms with Gasteiger partial charge in [-0.2, -0.15) is 13.2 Å². The summed E-state index contributed by atoms with van der Waals surface area (Å²) in [6.07, 6.45) is 12.1. The zero-order valence-electron chi connectivity index (χ0n) is 39.2. The minimum absolute atomic E-state index is 0. The van der Waals surface area contributed by atoms with Crippen LogP contribution in [0.1, 0.15) is 123 Å². The van der Waals surface area contributed by atoms with Crippen LogP contribution in [0.3, 0.4) is 0 Å². The summed E-state index contributed by atoms with van der Waals surface area (Å²) < 4.78 is 46.0. The molecule has 4 aromatic rings. The summed E-state index contributed by atoms with van der Waals surface area (Å²) in [5, 5.41) is 39.4. The molecule has 6 saturated heterocycles. The normalized spacial score (nSPS) is 24.2. The summed E-state index contributed by atoms with van der Waals surface area (Å²) >= 11 is 5.61. The van der Waals surface area contributed by atoms with Crippen LogP contribution in [0.4, 0.5) is 13.2 Å². The van der Waals surface area contributed by atoms with Gasteiger partial charge in [-0.25, -0.2) is 9.59 Å². The third kappa shape index (κ3) is 13.8. The molecule has 68 heavy (non-hydrogen) atoms. The van der Waals surface area contributed by atoms with Gasteiger partial charge >= 0.3 is 18.1 Å². The van der Waals surface area contributed by atoms with E-state index in [0.717, 1.165) is 47.7 Å². The first-order valence-corrected chi connectivity index (χ1v) is 27.6. The number of rotatable bonds is 20. The van der Waals surface area contributed by atoms with Crippen LogP contribution in [0.25, 0.3) is 0 Å². The van der Waals surface area contributed by atoms with Crippen LogP contribution in [-0.4, -0.2) is 108 Å². The zero-order valence-corrected chi connectivity index (χ0v) is 44.0. The van der Waals surface area contributed by atoms with Gasteiger partial charge in [0.1, 0.15) is 19.1 Å². The SMILES string of the molecule is CCCCCCC[N+]12CCC(CC1)[C@@H](OC(=O)C(O)(c1cccs1)c1cccs1)C2.CCCCCCC[N+]12CCC(CC1)[C@@H](OC(=O)C(O)(c1cccs1)c1cccs1)C2.O=C([O-])C(F)(F)F.[Br-]. The first-order chi connectivity index (χ1) is 32.1. The molecule has 0 amide bonds. The lowest BCUT2D eigenvalue weighted by Gasteiger charge is -2.52. The Morgan fingerprint density at radius 2 is 0.882 bits per heavy atom. The molecule has 0 saturated carbocycles. The molecular formula is C50H68BrF3N2O8S4. The predicted molar refractivity (Wildman–Crippen MR) is 257 cm³/mol. The number of aliphatic carboxylic acids is 1. The number of halogens is 4. The van der Waals surface area contributed by atoms with E-state index in [-0.39, 0.29) is 29.2 Å². The number of aliphatic hydroxyl groups is 2. The van der Waals surface area contributed by atoms with Gasteiger partial charge in [-0.05, 0) is 71.5 Å². The van der Waals surface area contributed by atoms with Gasteiger partial charge in [0, 0.05) is 37.5 Å². The van der Waals surface area contributed by atoms with Crippen molar-refractivity contribution in [3.8, 4) is 0 Å². The Morgan fingerprint density at radius 1 is 0.588 bits per heavy atom. The summed E-state index contributed by atoms with van der Waals surface area (Å²) in [5.74, 6) is -3.15. The minimum Gasteiger partial charge on any atom is -1.00 e. The molecule has 10 rings (SSSR count). The predicted octanol–water partition coefficient (Wildman–Crippen LogP) is 6.64. The number of carbonyl (C=O) groups excluding carboxylic acids is 3. The molecule has 6 aliphatic rings. The number of esters is 2. The number of fused-ring (bicyclic) bond motifs is 6. The van der Waals surface area contributed by atoms with Crippen molar-refractivity contribution in [3.63, 3.8) is 0 Å². The van der Waals surface area contributed by atoms with Crippen molar-refractivity contribution in [2.75, 3.05) is 52.4 Å². The maximum Gasteiger partial charge on any atom is 0.430 e. The number of hydrogen-bond donors (Lipinski definition) is 2. The number of piperidine rings is 6. The first-order valence-electron chi connectivity index (χ1n) is 24.1. The van der Waals surface area contributed by atoms with E-state index in [0.29, 0.717) is 31.3 Å². The standard InChI is InChI=1S/2C24H34NO3S2.C2HF3O2.BrH/c2*1-2-3-4-5-6-13-25-14-11-19(12-15-25)20(18-25)28-23(26)24(27,21-9-7-16-29-21)22-10-8-17-30-22;3-2(4,5)1(6)7;/h2*7-10,16-17,19-20,27H,2-6,11-15,18H2,1H3;(H,6,7);1H/q2*+1;;/p-2/t2*19?,20-,25?;;/m00../s1. The van der Waals surface area contributed by atoms with Crippen LogP contribution >= 0.6 is 45.3 Å². The average molecular weight is 1090 g/mol. The highest BCUT2D eigenvalue weighted by Gasteiger charge is 2.53. The summed E-state index contributed by atoms with van der Waals surface area (Å²) in [4.78, 5) is 38.1. The average Bonchev–Trinajstić information content (AvgIpc) is 4.19. The molecular weight excluding hydrogens is 1020 g/mol. The zero-order chi connectivity index (χ0) is 48.1. The van der Waals surface area contributed by atoms with Crippen LogP contribution < -0.4 is 22.1 Å². The Labute approximate surface area is 426 Å². The number of alkyl halides is 3. The van der Waals surface area contributed by atoms with Crippen molar-refractivity contribution in [2.24, 2.45) is 11.8 Å². The number of quaternary nitrogens is 2. The molecule has 2 atom stereocenters. The fourth-order valence-corrected chi connectivity index (χ4v) is 13.9. The molecule has 0 unspecified atom stereocenters. The fraction of sp³-hybridized carbons (Fsp3) is 0.620. The molecule has 0 radical (unpaired) electrons. The molecule has 10 heterocycles. The lowest BCUT2D eigenvalue weighted by Crippen LogP contribution is -3.00. The highest BCUT2D eigenvalue weighted by atomic mass is 79.9. The molecule has 0 aliphatic carbocycles. The van der Waals surface area contributed by atoms with Crippen LogP contribution in [0.15, 0.2) is 70.1 Å². The number of ether oxygens (including phenoxy) is 2. The van der Waals surface area contributed by atoms with Crippen molar-refractivity contribution in [1.29, 1.82) is 0 Å². The van der Waals surface area contributed by atoms with E-state index in [2.05, 4.69) is 13.8 Å². The minimum atomic E-state index is -5.19. The molecule has 4 bridgehead atoms. The molecule has 6 fully saturated rings. The molecule has 378 valence electrons. The van der Waals surface area contributed by atoms with E-state index in [1.54, 1.807) is 0 Å². The Hall–Kier alpha value is -2.68. The summed E-state index contributed by atoms with van der Waals surface area (Å²) in [5.41, 5.74) is -3.39. The van der Waals surface area contributed by atoms with E-state index in [4.69, 9.17) is 19.4 Å². The van der Waals surface area contributed by atoms with Crippen molar-refractivity contribution in [3.05, 3.63) is 89.6 Å². The number of carboxylic acid groups (broad SMARTS) is 1. The van der Waals surface area contributed by atoms with Crippen LogP contribution in [-0.2, 0) is 35.1 Å². The highest BCUT2D eigenvalue weighted by Crippen LogP contribution is 2.43. The van der Waals surface area contributed by atoms with Crippen molar-refractivity contribution in [1.82, 2.24) is 0 Å². The second-order valence-electron chi connectivity index (χ2n) is 18.9. The summed E-state index contributed by atoms with van der Waals surface area (Å²) in [6, 6.07) is 14.8. The molecule has 4 aromatic heterocycles. The van der Waals surface area contributed by atoms with E-state index < -0.39 is 35.3 Å². The van der Waals surface area contributed by atoms with Crippen molar-refractivity contribution < 1.29 is 78.3 Å². The van der Waals surface area contributed by atoms with E-state index in [9.17, 15) is 33.0 Å². The molecule has 0 aromatic carbocycles. The van der Waals surface area contributed by atoms with Gasteiger partial charge in [0.05, 0.1) is 58.8 Å². The molecule has 2 N–H and O–H groups in total. The number of carboxylic acids is 1. The number of hydrogen-bond acceptors (Lipinski definition) is 12. The number of unbranched alkanes of at least 4 members (excludes halogenated alkanes) is 8. The third-order valence-corrected chi connectivity index (χ3v) is 18.3. The lowest BCUT2D eigenvalue weighted by atomic mass is 9.82. The van der Waals surface area contributed by atoms with Crippen molar-refractivity contribution in [2.45, 2.75) is 133 Å². The van der Waals surface area contributed by atoms with Gasteiger partial charge in [0.15, 0.2) is 12.2 Å². The number of carbonyl (C=O) groups is 3. The first kappa shape index (κ1) is 56.2. The lowest BCUT2D eigenvalue weighted by molar-refractivity contribution is -0.946. The molecule has 10 nitrogen and oxygen atoms in total. The largest absolute Gasteiger partial charge is 1.00 e. The number of nitrogens with zero attached hydrogens (tertiary/aromatic N) is 2. The van der Waals surface area contributed by atoms with Gasteiger partial charge in [0.25, 0.3) is 0 Å². The Kier molecular flexibility index (Phi) is 21.2. The smallest absolute Gasteiger partial charge is 0.430 e. The van der Waals surface area contributed by atoms with Gasteiger partial charge in [-0.1, -0.05) is 76.6 Å². The van der Waals surface area contributed by atoms with Crippen LogP contribution in [0, 0.1) is 11.8 Å². The van der Waals surface area contributed by atoms with E-state index in [1.165, 1.54) is 149 Å². The number of thiophene rings is 4. The van der Waals surface area contributed by atoms with E-state index in [1.807, 2.05) is 70.1 Å². The Bertz CT molecular complexity index is 1880. The fourth-order valence-electron chi connectivity index (χ4n) is 10.5. The molecule has 18 heteroatoms. The maximum absolute atomic E-state index is 13.4. The second kappa shape index (κ2) is 25.6. The van der Waals surface area contributed by atoms with Gasteiger partial charge in [-0.15, -0.1) is 45.3 Å². The van der Waals surface area contributed by atoms with Gasteiger partial charge in [0.2, 0.25) is 11.2 Å². The monoisotopic (exact) mass is 1090 g/mol. The topological polar surface area (TPSA) is 133 Å². The molecule has 0 spiro atoms. The van der Waals surface area contributed by atoms with Gasteiger partial charge in [-0.3, -0.25) is 0 Å². The highest BCUT2D eigenvalue weighted by molar-refractivity contribution is 7.12. The Balaban J connectivity index is 0.000000220. The van der Waals surface area contributed by atoms with E-state index >= 15 is 0 Å². The Morgan fingerprint density at radius 3 is 1.13 bits per heavy atom.